The van der Waals surface area contributed by atoms with Gasteiger partial charge in [0.1, 0.15) is 5.75 Å². The second-order valence-electron chi connectivity index (χ2n) is 4.36. The van der Waals surface area contributed by atoms with Crippen LogP contribution in [-0.2, 0) is 4.74 Å². The lowest BCUT2D eigenvalue weighted by Crippen LogP contribution is -2.03. The van der Waals surface area contributed by atoms with Crippen LogP contribution >= 0.6 is 11.6 Å². The van der Waals surface area contributed by atoms with Gasteiger partial charge in [-0.15, -0.1) is 0 Å². The molecule has 0 aliphatic rings. The highest BCUT2D eigenvalue weighted by molar-refractivity contribution is 6.33. The third kappa shape index (κ3) is 3.17. The Morgan fingerprint density at radius 1 is 1.18 bits per heavy atom. The topological polar surface area (TPSA) is 78.7 Å². The fourth-order valence-corrected chi connectivity index (χ4v) is 2.19. The summed E-state index contributed by atoms with van der Waals surface area (Å²) >= 11 is 6.14. The fourth-order valence-electron chi connectivity index (χ4n) is 1.96. The maximum atomic E-state index is 11.7. The van der Waals surface area contributed by atoms with Crippen molar-refractivity contribution in [2.24, 2.45) is 0 Å². The summed E-state index contributed by atoms with van der Waals surface area (Å²) in [5, 5.41) is 11.4. The summed E-state index contributed by atoms with van der Waals surface area (Å²) < 4.78 is 9.74. The van der Waals surface area contributed by atoms with E-state index in [1.54, 1.807) is 18.2 Å². The van der Waals surface area contributed by atoms with E-state index in [1.165, 1.54) is 26.4 Å². The molecule has 0 aliphatic heterocycles. The summed E-state index contributed by atoms with van der Waals surface area (Å²) in [7, 11) is 2.71. The number of rotatable bonds is 4. The molecule has 0 saturated heterocycles. The van der Waals surface area contributed by atoms with E-state index >= 15 is 0 Å². The minimum Gasteiger partial charge on any atom is -0.497 e. The number of halogens is 1. The highest BCUT2D eigenvalue weighted by Crippen LogP contribution is 2.34. The van der Waals surface area contributed by atoms with Gasteiger partial charge >= 0.3 is 5.97 Å². The summed E-state index contributed by atoms with van der Waals surface area (Å²) in [6.45, 7) is 0. The van der Waals surface area contributed by atoms with Crippen LogP contribution in [0.4, 0.5) is 5.69 Å². The first-order valence-corrected chi connectivity index (χ1v) is 6.55. The van der Waals surface area contributed by atoms with Gasteiger partial charge in [0.2, 0.25) is 0 Å². The first-order chi connectivity index (χ1) is 10.5. The van der Waals surface area contributed by atoms with Crippen LogP contribution < -0.4 is 4.74 Å². The number of hydrogen-bond acceptors (Lipinski definition) is 5. The molecule has 2 aromatic rings. The van der Waals surface area contributed by atoms with E-state index in [1.807, 2.05) is 0 Å². The summed E-state index contributed by atoms with van der Waals surface area (Å²) in [4.78, 5) is 22.1. The molecule has 114 valence electrons. The number of benzene rings is 2. The van der Waals surface area contributed by atoms with Crippen LogP contribution in [0.25, 0.3) is 11.1 Å². The molecule has 2 rings (SSSR count). The monoisotopic (exact) mass is 321 g/mol. The molecular formula is C15H12ClNO5. The van der Waals surface area contributed by atoms with Crippen LogP contribution in [-0.4, -0.2) is 25.1 Å². The van der Waals surface area contributed by atoms with E-state index < -0.39 is 10.9 Å². The molecule has 0 amide bonds. The van der Waals surface area contributed by atoms with Gasteiger partial charge in [0.25, 0.3) is 5.69 Å². The second-order valence-corrected chi connectivity index (χ2v) is 4.77. The van der Waals surface area contributed by atoms with Gasteiger partial charge in [0.05, 0.1) is 24.7 Å². The van der Waals surface area contributed by atoms with Gasteiger partial charge in [0, 0.05) is 22.7 Å². The van der Waals surface area contributed by atoms with Crippen molar-refractivity contribution in [3.05, 3.63) is 57.1 Å². The Labute approximate surface area is 131 Å². The molecule has 0 heterocycles. The molecule has 7 heteroatoms. The van der Waals surface area contributed by atoms with Crippen LogP contribution in [0.1, 0.15) is 10.4 Å². The number of non-ortho nitro benzene ring substituents is 1. The molecule has 0 N–H and O–H groups in total. The Morgan fingerprint density at radius 3 is 2.50 bits per heavy atom. The van der Waals surface area contributed by atoms with Gasteiger partial charge in [-0.05, 0) is 29.8 Å². The molecular weight excluding hydrogens is 310 g/mol. The van der Waals surface area contributed by atoms with Crippen molar-refractivity contribution in [2.75, 3.05) is 14.2 Å². The minimum absolute atomic E-state index is 0.0746. The predicted octanol–water partition coefficient (Wildman–Crippen LogP) is 3.71. The second kappa shape index (κ2) is 6.44. The maximum Gasteiger partial charge on any atom is 0.338 e. The first-order valence-electron chi connectivity index (χ1n) is 6.18. The van der Waals surface area contributed by atoms with Crippen LogP contribution in [0.15, 0.2) is 36.4 Å². The standard InChI is InChI=1S/C15H12ClNO5/c1-21-12-3-4-14(16)13(8-12)9-5-10(15(18)22-2)7-11(6-9)17(19)20/h3-8H,1-2H3. The summed E-state index contributed by atoms with van der Waals surface area (Å²) in [5.74, 6) is -0.116. The predicted molar refractivity (Wildman–Crippen MR) is 81.4 cm³/mol. The summed E-state index contributed by atoms with van der Waals surface area (Å²) in [6, 6.07) is 8.91. The number of carbonyl (C=O) groups is 1. The highest BCUT2D eigenvalue weighted by atomic mass is 35.5. The Hall–Kier alpha value is -2.60. The lowest BCUT2D eigenvalue weighted by molar-refractivity contribution is -0.384. The van der Waals surface area contributed by atoms with Gasteiger partial charge in [-0.3, -0.25) is 10.1 Å². The van der Waals surface area contributed by atoms with Crippen molar-refractivity contribution in [2.45, 2.75) is 0 Å². The van der Waals surface area contributed by atoms with Crippen LogP contribution in [0.3, 0.4) is 0 Å². The molecule has 22 heavy (non-hydrogen) atoms. The number of carbonyl (C=O) groups excluding carboxylic acids is 1. The van der Waals surface area contributed by atoms with E-state index in [0.717, 1.165) is 6.07 Å². The number of esters is 1. The zero-order valence-electron chi connectivity index (χ0n) is 11.8. The number of nitrogens with zero attached hydrogens (tertiary/aromatic N) is 1. The molecule has 6 nitrogen and oxygen atoms in total. The molecule has 0 radical (unpaired) electrons. The molecule has 0 fully saturated rings. The molecule has 0 unspecified atom stereocenters. The average Bonchev–Trinajstić information content (AvgIpc) is 2.54. The van der Waals surface area contributed by atoms with Gasteiger partial charge in [-0.25, -0.2) is 4.79 Å². The third-order valence-electron chi connectivity index (χ3n) is 3.03. The molecule has 0 saturated carbocycles. The van der Waals surface area contributed by atoms with Gasteiger partial charge < -0.3 is 9.47 Å². The van der Waals surface area contributed by atoms with E-state index in [-0.39, 0.29) is 11.3 Å². The molecule has 0 atom stereocenters. The number of ether oxygens (including phenoxy) is 2. The van der Waals surface area contributed by atoms with Crippen molar-refractivity contribution in [3.8, 4) is 16.9 Å². The lowest BCUT2D eigenvalue weighted by atomic mass is 10.0. The van der Waals surface area contributed by atoms with Crippen molar-refractivity contribution >= 4 is 23.3 Å². The third-order valence-corrected chi connectivity index (χ3v) is 3.36. The van der Waals surface area contributed by atoms with Crippen LogP contribution in [0.5, 0.6) is 5.75 Å². The Kier molecular flexibility index (Phi) is 4.62. The Bertz CT molecular complexity index is 745. The smallest absolute Gasteiger partial charge is 0.338 e. The maximum absolute atomic E-state index is 11.7. The van der Waals surface area contributed by atoms with E-state index in [0.29, 0.717) is 21.9 Å². The number of methoxy groups -OCH3 is 2. The van der Waals surface area contributed by atoms with Crippen molar-refractivity contribution < 1.29 is 19.2 Å². The lowest BCUT2D eigenvalue weighted by Gasteiger charge is -2.09. The van der Waals surface area contributed by atoms with Crippen molar-refractivity contribution in [3.63, 3.8) is 0 Å². The Morgan fingerprint density at radius 2 is 1.91 bits per heavy atom. The molecule has 0 aliphatic carbocycles. The number of nitro groups is 1. The van der Waals surface area contributed by atoms with Gasteiger partial charge in [0.15, 0.2) is 0 Å². The van der Waals surface area contributed by atoms with E-state index in [2.05, 4.69) is 4.74 Å². The summed E-state index contributed by atoms with van der Waals surface area (Å²) in [6.07, 6.45) is 0. The average molecular weight is 322 g/mol. The summed E-state index contributed by atoms with van der Waals surface area (Å²) in [5.41, 5.74) is 0.802. The van der Waals surface area contributed by atoms with Gasteiger partial charge in [-0.1, -0.05) is 11.6 Å². The van der Waals surface area contributed by atoms with Crippen LogP contribution in [0, 0.1) is 10.1 Å². The largest absolute Gasteiger partial charge is 0.497 e. The first kappa shape index (κ1) is 15.8. The van der Waals surface area contributed by atoms with E-state index in [9.17, 15) is 14.9 Å². The number of hydrogen-bond donors (Lipinski definition) is 0. The minimum atomic E-state index is -0.663. The normalized spacial score (nSPS) is 10.1. The molecule has 0 bridgehead atoms. The fraction of sp³-hybridized carbons (Fsp3) is 0.133. The molecule has 0 aromatic heterocycles. The molecule has 2 aromatic carbocycles. The quantitative estimate of drug-likeness (QED) is 0.487. The van der Waals surface area contributed by atoms with Crippen LogP contribution in [0.2, 0.25) is 5.02 Å². The Balaban J connectivity index is 2.66. The zero-order chi connectivity index (χ0) is 16.3. The number of nitro benzene ring substituents is 1. The molecule has 0 spiro atoms. The highest BCUT2D eigenvalue weighted by Gasteiger charge is 2.17. The SMILES string of the molecule is COC(=O)c1cc(-c2cc(OC)ccc2Cl)cc([N+](=O)[O-])c1. The van der Waals surface area contributed by atoms with Crippen molar-refractivity contribution in [1.29, 1.82) is 0 Å². The zero-order valence-corrected chi connectivity index (χ0v) is 12.6. The van der Waals surface area contributed by atoms with Gasteiger partial charge in [-0.2, -0.15) is 0 Å². The van der Waals surface area contributed by atoms with E-state index in [4.69, 9.17) is 16.3 Å². The van der Waals surface area contributed by atoms with Crippen molar-refractivity contribution in [1.82, 2.24) is 0 Å².